The Kier molecular flexibility index (Phi) is 3.34. The predicted octanol–water partition coefficient (Wildman–Crippen LogP) is 3.79. The van der Waals surface area contributed by atoms with Crippen molar-refractivity contribution >= 4 is 45.8 Å². The van der Waals surface area contributed by atoms with E-state index in [1.807, 2.05) is 0 Å². The molecule has 0 aliphatic carbocycles. The summed E-state index contributed by atoms with van der Waals surface area (Å²) < 4.78 is 33.1. The van der Waals surface area contributed by atoms with Gasteiger partial charge in [0, 0.05) is 47.3 Å². The summed E-state index contributed by atoms with van der Waals surface area (Å²) in [6, 6.07) is 7.82. The number of benzene rings is 1. The van der Waals surface area contributed by atoms with Crippen molar-refractivity contribution in [2.24, 2.45) is 0 Å². The van der Waals surface area contributed by atoms with E-state index < -0.39 is 9.17 Å². The van der Waals surface area contributed by atoms with Crippen molar-refractivity contribution in [2.75, 3.05) is 0 Å². The molecule has 0 saturated heterocycles. The number of alkyl halides is 2. The normalized spacial score (nSPS) is 15.3. The van der Waals surface area contributed by atoms with Crippen LogP contribution < -0.4 is 0 Å². The Balaban J connectivity index is 3.30. The molecule has 1 nitrogen and oxygen atoms in total. The molecule has 0 amide bonds. The highest BCUT2D eigenvalue weighted by Crippen LogP contribution is 2.54. The highest BCUT2D eigenvalue weighted by molar-refractivity contribution is 14.3. The van der Waals surface area contributed by atoms with Gasteiger partial charge in [-0.2, -0.15) is 8.78 Å². The zero-order valence-corrected chi connectivity index (χ0v) is 11.4. The molecule has 0 radical (unpaired) electrons. The van der Waals surface area contributed by atoms with Crippen LogP contribution in [0.3, 0.4) is 0 Å². The maximum absolute atomic E-state index is 12.6. The van der Waals surface area contributed by atoms with Crippen LogP contribution in [-0.4, -0.2) is 9.97 Å². The van der Waals surface area contributed by atoms with Crippen LogP contribution in [0.2, 0.25) is 0 Å². The van der Waals surface area contributed by atoms with Gasteiger partial charge < -0.3 is 0 Å². The molecule has 0 unspecified atom stereocenters. The minimum Gasteiger partial charge on any atom is -0.253 e. The monoisotopic (exact) mass is 430 g/mol. The standard InChI is InChI=1S/C7H6F2I2OS/c8-7(9)13(10,11,12)6-4-2-1-3-5-6/h1-5,7H. The van der Waals surface area contributed by atoms with E-state index in [1.165, 1.54) is 54.5 Å². The van der Waals surface area contributed by atoms with E-state index in [9.17, 15) is 13.0 Å². The third-order valence-corrected chi connectivity index (χ3v) is 8.49. The van der Waals surface area contributed by atoms with E-state index >= 15 is 0 Å². The third-order valence-electron chi connectivity index (χ3n) is 1.45. The van der Waals surface area contributed by atoms with Crippen molar-refractivity contribution in [3.63, 3.8) is 0 Å². The average Bonchev–Trinajstić information content (AvgIpc) is 2.05. The van der Waals surface area contributed by atoms with Crippen LogP contribution >= 0.6 is 42.4 Å². The van der Waals surface area contributed by atoms with Crippen LogP contribution in [0.4, 0.5) is 8.78 Å². The fraction of sp³-hybridized carbons (Fsp3) is 0.143. The van der Waals surface area contributed by atoms with E-state index in [-0.39, 0.29) is 4.90 Å². The largest absolute Gasteiger partial charge is 0.312 e. The first-order chi connectivity index (χ1) is 5.83. The van der Waals surface area contributed by atoms with E-state index in [0.717, 1.165) is 0 Å². The van der Waals surface area contributed by atoms with Gasteiger partial charge in [-0.25, -0.2) is 0 Å². The highest BCUT2D eigenvalue weighted by Gasteiger charge is 2.42. The molecule has 0 heterocycles. The topological polar surface area (TPSA) is 17.1 Å². The van der Waals surface area contributed by atoms with Gasteiger partial charge in [0.15, 0.2) is 0 Å². The molecule has 0 bridgehead atoms. The first-order valence-corrected chi connectivity index (χ1v) is 10.4. The predicted molar refractivity (Wildman–Crippen MR) is 66.9 cm³/mol. The Labute approximate surface area is 98.9 Å². The lowest BCUT2D eigenvalue weighted by Crippen LogP contribution is -2.24. The van der Waals surface area contributed by atoms with E-state index in [1.54, 1.807) is 18.2 Å². The Morgan fingerprint density at radius 2 is 1.62 bits per heavy atom. The first kappa shape index (κ1) is 11.8. The van der Waals surface area contributed by atoms with Crippen molar-refractivity contribution in [3.05, 3.63) is 30.3 Å². The molecular weight excluding hydrogens is 424 g/mol. The van der Waals surface area contributed by atoms with Crippen LogP contribution in [0.5, 0.6) is 0 Å². The lowest BCUT2D eigenvalue weighted by Gasteiger charge is -2.28. The second-order valence-corrected chi connectivity index (χ2v) is 20.4. The number of halogens is 4. The smallest absolute Gasteiger partial charge is 0.253 e. The fourth-order valence-corrected chi connectivity index (χ4v) is 3.36. The molecule has 0 aliphatic heterocycles. The molecule has 0 spiro atoms. The summed E-state index contributed by atoms with van der Waals surface area (Å²) in [6.07, 6.45) is 0. The fourth-order valence-electron chi connectivity index (χ4n) is 0.760. The molecule has 0 N–H and O–H groups in total. The maximum atomic E-state index is 12.6. The molecule has 0 atom stereocenters. The highest BCUT2D eigenvalue weighted by atomic mass is 127. The van der Waals surface area contributed by atoms with Gasteiger partial charge >= 0.3 is 5.76 Å². The second kappa shape index (κ2) is 3.69. The minimum atomic E-state index is -4.02. The first-order valence-electron chi connectivity index (χ1n) is 3.26. The summed E-state index contributed by atoms with van der Waals surface area (Å²) in [5.74, 6) is -2.85. The zero-order valence-electron chi connectivity index (χ0n) is 6.29. The molecule has 0 fully saturated rings. The van der Waals surface area contributed by atoms with Gasteiger partial charge in [0.2, 0.25) is 0 Å². The summed E-state index contributed by atoms with van der Waals surface area (Å²) in [5, 5.41) is 0. The van der Waals surface area contributed by atoms with Crippen LogP contribution in [-0.2, 0) is 3.41 Å². The van der Waals surface area contributed by atoms with Gasteiger partial charge in [-0.05, 0) is 12.1 Å². The average molecular weight is 430 g/mol. The molecule has 6 heteroatoms. The molecule has 0 aliphatic rings. The van der Waals surface area contributed by atoms with E-state index in [4.69, 9.17) is 0 Å². The molecule has 13 heavy (non-hydrogen) atoms. The quantitative estimate of drug-likeness (QED) is 0.516. The SMILES string of the molecule is O=S(I)(I)(c1ccccc1)C(F)F. The molecule has 1 rings (SSSR count). The van der Waals surface area contributed by atoms with Crippen LogP contribution in [0.25, 0.3) is 0 Å². The van der Waals surface area contributed by atoms with Crippen molar-refractivity contribution in [2.45, 2.75) is 10.7 Å². The minimum absolute atomic E-state index is 0.190. The summed E-state index contributed by atoms with van der Waals surface area (Å²) in [6.45, 7) is 0. The van der Waals surface area contributed by atoms with Crippen molar-refractivity contribution in [1.82, 2.24) is 0 Å². The summed E-state index contributed by atoms with van der Waals surface area (Å²) in [5.41, 5.74) is 0. The lowest BCUT2D eigenvalue weighted by atomic mass is 10.4. The van der Waals surface area contributed by atoms with Crippen LogP contribution in [0.15, 0.2) is 35.2 Å². The van der Waals surface area contributed by atoms with Gasteiger partial charge in [0.05, 0.1) is 3.41 Å². The zero-order chi connectivity index (χ0) is 10.1. The molecular formula is C7H6F2I2OS. The Morgan fingerprint density at radius 1 is 1.15 bits per heavy atom. The number of hydrogen-bond donors (Lipinski definition) is 0. The molecule has 74 valence electrons. The Morgan fingerprint density at radius 3 is 2.00 bits per heavy atom. The maximum Gasteiger partial charge on any atom is 0.312 e. The van der Waals surface area contributed by atoms with Crippen molar-refractivity contribution in [3.8, 4) is 0 Å². The molecule has 1 aromatic carbocycles. The number of rotatable bonds is 2. The van der Waals surface area contributed by atoms with Gasteiger partial charge in [0.1, 0.15) is 0 Å². The summed E-state index contributed by atoms with van der Waals surface area (Å²) in [4.78, 5) is 0.190. The molecule has 0 saturated carbocycles. The second-order valence-electron chi connectivity index (χ2n) is 2.39. The third kappa shape index (κ3) is 2.38. The van der Waals surface area contributed by atoms with Crippen molar-refractivity contribution in [1.29, 1.82) is 0 Å². The van der Waals surface area contributed by atoms with Crippen molar-refractivity contribution < 1.29 is 13.0 Å². The van der Waals surface area contributed by atoms with Gasteiger partial charge in [-0.3, -0.25) is 4.21 Å². The molecule has 0 aromatic heterocycles. The van der Waals surface area contributed by atoms with Crippen LogP contribution in [0, 0.1) is 0 Å². The van der Waals surface area contributed by atoms with Crippen LogP contribution in [0.1, 0.15) is 0 Å². The summed E-state index contributed by atoms with van der Waals surface area (Å²) >= 11 is 2.71. The molecule has 1 aromatic rings. The van der Waals surface area contributed by atoms with Gasteiger partial charge in [0.25, 0.3) is 0 Å². The van der Waals surface area contributed by atoms with E-state index in [2.05, 4.69) is 0 Å². The lowest BCUT2D eigenvalue weighted by molar-refractivity contribution is 0.242. The summed E-state index contributed by atoms with van der Waals surface area (Å²) in [7, 11) is 0. The Bertz CT molecular complexity index is 360. The van der Waals surface area contributed by atoms with Gasteiger partial charge in [-0.15, -0.1) is 0 Å². The van der Waals surface area contributed by atoms with E-state index in [0.29, 0.717) is 0 Å². The Hall–Kier alpha value is 0.690. The number of hydrogen-bond acceptors (Lipinski definition) is 1. The van der Waals surface area contributed by atoms with Gasteiger partial charge in [-0.1, -0.05) is 18.2 Å².